The van der Waals surface area contributed by atoms with E-state index >= 15 is 0 Å². The highest BCUT2D eigenvalue weighted by Crippen LogP contribution is 2.19. The molecule has 2 aromatic carbocycles. The van der Waals surface area contributed by atoms with Crippen LogP contribution < -0.4 is 16.0 Å². The van der Waals surface area contributed by atoms with E-state index in [1.807, 2.05) is 0 Å². The molecule has 0 aromatic heterocycles. The number of amides is 3. The number of nitrogens with one attached hydrogen (secondary N) is 3. The fourth-order valence-electron chi connectivity index (χ4n) is 1.99. The maximum atomic E-state index is 13.5. The van der Waals surface area contributed by atoms with E-state index < -0.39 is 23.5 Å². The van der Waals surface area contributed by atoms with Crippen molar-refractivity contribution >= 4 is 40.7 Å². The number of halogens is 2. The molecule has 3 amide bonds. The van der Waals surface area contributed by atoms with Crippen LogP contribution in [0, 0.1) is 5.82 Å². The minimum atomic E-state index is -0.623. The van der Waals surface area contributed by atoms with Gasteiger partial charge in [-0.3, -0.25) is 14.4 Å². The van der Waals surface area contributed by atoms with E-state index in [-0.39, 0.29) is 17.9 Å². The zero-order valence-corrected chi connectivity index (χ0v) is 14.0. The van der Waals surface area contributed by atoms with Gasteiger partial charge in [0, 0.05) is 23.2 Å². The minimum absolute atomic E-state index is 0.0479. The summed E-state index contributed by atoms with van der Waals surface area (Å²) < 4.78 is 13.5. The summed E-state index contributed by atoms with van der Waals surface area (Å²) in [7, 11) is 0. The summed E-state index contributed by atoms with van der Waals surface area (Å²) >= 11 is 5.80. The van der Waals surface area contributed by atoms with E-state index in [9.17, 15) is 18.8 Å². The summed E-state index contributed by atoms with van der Waals surface area (Å²) in [5.74, 6) is -2.01. The Morgan fingerprint density at radius 1 is 1.08 bits per heavy atom. The molecular weight excluding hydrogens is 349 g/mol. The number of benzene rings is 2. The lowest BCUT2D eigenvalue weighted by Crippen LogP contribution is -2.32. The maximum Gasteiger partial charge on any atom is 0.251 e. The molecule has 25 heavy (non-hydrogen) atoms. The molecular formula is C17H15ClFN3O3. The van der Waals surface area contributed by atoms with Crippen LogP contribution in [0.15, 0.2) is 42.5 Å². The van der Waals surface area contributed by atoms with Crippen molar-refractivity contribution < 1.29 is 18.8 Å². The standard InChI is InChI=1S/C17H15ClFN3O3/c1-10(23)21-15-8-13(5-6-14(15)19)22-16(24)9-20-17(25)11-3-2-4-12(18)7-11/h2-8H,9H2,1H3,(H,20,25)(H,21,23)(H,22,24). The molecule has 0 aliphatic carbocycles. The Morgan fingerprint density at radius 2 is 1.84 bits per heavy atom. The predicted molar refractivity (Wildman–Crippen MR) is 93.1 cm³/mol. The summed E-state index contributed by atoms with van der Waals surface area (Å²) in [6.07, 6.45) is 0. The first-order valence-corrected chi connectivity index (χ1v) is 7.63. The fourth-order valence-corrected chi connectivity index (χ4v) is 2.18. The first kappa shape index (κ1) is 18.4. The molecule has 0 aliphatic rings. The Labute approximate surface area is 148 Å². The highest BCUT2D eigenvalue weighted by Gasteiger charge is 2.10. The van der Waals surface area contributed by atoms with Crippen LogP contribution >= 0.6 is 11.6 Å². The molecule has 8 heteroatoms. The van der Waals surface area contributed by atoms with E-state index in [0.717, 1.165) is 6.07 Å². The summed E-state index contributed by atoms with van der Waals surface area (Å²) in [5.41, 5.74) is 0.565. The molecule has 2 aromatic rings. The van der Waals surface area contributed by atoms with Gasteiger partial charge in [-0.05, 0) is 36.4 Å². The quantitative estimate of drug-likeness (QED) is 0.763. The second-order valence-corrected chi connectivity index (χ2v) is 5.55. The molecule has 6 nitrogen and oxygen atoms in total. The van der Waals surface area contributed by atoms with E-state index in [1.165, 1.54) is 25.1 Å². The average Bonchev–Trinajstić information content (AvgIpc) is 2.55. The van der Waals surface area contributed by atoms with Crippen LogP contribution in [0.5, 0.6) is 0 Å². The van der Waals surface area contributed by atoms with Gasteiger partial charge in [-0.1, -0.05) is 17.7 Å². The van der Waals surface area contributed by atoms with Crippen molar-refractivity contribution in [2.75, 3.05) is 17.2 Å². The highest BCUT2D eigenvalue weighted by molar-refractivity contribution is 6.31. The second kappa shape index (κ2) is 8.25. The van der Waals surface area contributed by atoms with E-state index in [4.69, 9.17) is 11.6 Å². The van der Waals surface area contributed by atoms with Gasteiger partial charge in [0.2, 0.25) is 11.8 Å². The Kier molecular flexibility index (Phi) is 6.08. The molecule has 0 saturated carbocycles. The van der Waals surface area contributed by atoms with E-state index in [2.05, 4.69) is 16.0 Å². The van der Waals surface area contributed by atoms with Crippen LogP contribution in [-0.4, -0.2) is 24.3 Å². The number of carbonyl (C=O) groups excluding carboxylic acids is 3. The molecule has 0 bridgehead atoms. The van der Waals surface area contributed by atoms with Crippen molar-refractivity contribution in [2.24, 2.45) is 0 Å². The minimum Gasteiger partial charge on any atom is -0.343 e. The Morgan fingerprint density at radius 3 is 2.52 bits per heavy atom. The van der Waals surface area contributed by atoms with Gasteiger partial charge in [0.25, 0.3) is 5.91 Å². The van der Waals surface area contributed by atoms with Crippen LogP contribution in [0.4, 0.5) is 15.8 Å². The fraction of sp³-hybridized carbons (Fsp3) is 0.118. The van der Waals surface area contributed by atoms with Gasteiger partial charge in [-0.2, -0.15) is 0 Å². The van der Waals surface area contributed by atoms with Gasteiger partial charge in [0.05, 0.1) is 12.2 Å². The van der Waals surface area contributed by atoms with Gasteiger partial charge in [-0.25, -0.2) is 4.39 Å². The third-order valence-electron chi connectivity index (χ3n) is 3.06. The summed E-state index contributed by atoms with van der Waals surface area (Å²) in [6.45, 7) is 0.967. The Bertz CT molecular complexity index is 827. The number of hydrogen-bond acceptors (Lipinski definition) is 3. The zero-order valence-electron chi connectivity index (χ0n) is 13.2. The Hall–Kier alpha value is -2.93. The molecule has 3 N–H and O–H groups in total. The largest absolute Gasteiger partial charge is 0.343 e. The van der Waals surface area contributed by atoms with Crippen LogP contribution in [0.3, 0.4) is 0 Å². The number of anilines is 2. The normalized spacial score (nSPS) is 10.0. The van der Waals surface area contributed by atoms with Crippen molar-refractivity contribution in [3.8, 4) is 0 Å². The number of hydrogen-bond donors (Lipinski definition) is 3. The van der Waals surface area contributed by atoms with Crippen molar-refractivity contribution in [1.29, 1.82) is 0 Å². The van der Waals surface area contributed by atoms with Crippen LogP contribution in [0.2, 0.25) is 5.02 Å². The molecule has 2 rings (SSSR count). The third-order valence-corrected chi connectivity index (χ3v) is 3.29. The predicted octanol–water partition coefficient (Wildman–Crippen LogP) is 2.81. The van der Waals surface area contributed by atoms with Crippen molar-refractivity contribution in [3.05, 3.63) is 58.9 Å². The first-order valence-electron chi connectivity index (χ1n) is 7.26. The number of rotatable bonds is 5. The lowest BCUT2D eigenvalue weighted by atomic mass is 10.2. The van der Waals surface area contributed by atoms with E-state index in [1.54, 1.807) is 18.2 Å². The topological polar surface area (TPSA) is 87.3 Å². The molecule has 0 fully saturated rings. The third kappa shape index (κ3) is 5.58. The molecule has 0 spiro atoms. The Balaban J connectivity index is 1.94. The van der Waals surface area contributed by atoms with Crippen molar-refractivity contribution in [2.45, 2.75) is 6.92 Å². The molecule has 0 atom stereocenters. The molecule has 0 radical (unpaired) electrons. The van der Waals surface area contributed by atoms with Gasteiger partial charge < -0.3 is 16.0 Å². The highest BCUT2D eigenvalue weighted by atomic mass is 35.5. The molecule has 0 aliphatic heterocycles. The van der Waals surface area contributed by atoms with Gasteiger partial charge >= 0.3 is 0 Å². The van der Waals surface area contributed by atoms with E-state index in [0.29, 0.717) is 10.6 Å². The SMILES string of the molecule is CC(=O)Nc1cc(NC(=O)CNC(=O)c2cccc(Cl)c2)ccc1F. The number of carbonyl (C=O) groups is 3. The lowest BCUT2D eigenvalue weighted by Gasteiger charge is -2.10. The van der Waals surface area contributed by atoms with Crippen LogP contribution in [-0.2, 0) is 9.59 Å². The van der Waals surface area contributed by atoms with Gasteiger partial charge in [0.1, 0.15) is 5.82 Å². The first-order chi connectivity index (χ1) is 11.8. The van der Waals surface area contributed by atoms with Crippen molar-refractivity contribution in [1.82, 2.24) is 5.32 Å². The monoisotopic (exact) mass is 363 g/mol. The molecule has 130 valence electrons. The summed E-state index contributed by atoms with van der Waals surface area (Å²) in [6, 6.07) is 10.1. The smallest absolute Gasteiger partial charge is 0.251 e. The van der Waals surface area contributed by atoms with Gasteiger partial charge in [-0.15, -0.1) is 0 Å². The summed E-state index contributed by atoms with van der Waals surface area (Å²) in [4.78, 5) is 34.8. The summed E-state index contributed by atoms with van der Waals surface area (Å²) in [5, 5.41) is 7.68. The second-order valence-electron chi connectivity index (χ2n) is 5.12. The van der Waals surface area contributed by atoms with Gasteiger partial charge in [0.15, 0.2) is 0 Å². The van der Waals surface area contributed by atoms with Crippen LogP contribution in [0.25, 0.3) is 0 Å². The van der Waals surface area contributed by atoms with Crippen molar-refractivity contribution in [3.63, 3.8) is 0 Å². The zero-order chi connectivity index (χ0) is 18.4. The molecule has 0 saturated heterocycles. The average molecular weight is 364 g/mol. The molecule has 0 heterocycles. The lowest BCUT2D eigenvalue weighted by molar-refractivity contribution is -0.115. The van der Waals surface area contributed by atoms with Crippen LogP contribution in [0.1, 0.15) is 17.3 Å². The maximum absolute atomic E-state index is 13.5. The molecule has 0 unspecified atom stereocenters.